The largest absolute Gasteiger partial charge is 0.468 e. The van der Waals surface area contributed by atoms with Crippen LogP contribution in [0.5, 0.6) is 0 Å². The molecule has 1 aliphatic heterocycles. The van der Waals surface area contributed by atoms with Gasteiger partial charge in [-0.05, 0) is 45.2 Å². The van der Waals surface area contributed by atoms with E-state index in [0.29, 0.717) is 16.1 Å². The minimum atomic E-state index is -0.536. The van der Waals surface area contributed by atoms with Crippen molar-refractivity contribution in [2.75, 3.05) is 12.9 Å². The summed E-state index contributed by atoms with van der Waals surface area (Å²) in [5, 5.41) is 0.778. The van der Waals surface area contributed by atoms with E-state index in [9.17, 15) is 14.4 Å². The third-order valence-electron chi connectivity index (χ3n) is 5.15. The van der Waals surface area contributed by atoms with Gasteiger partial charge in [-0.15, -0.1) is 0 Å². The Morgan fingerprint density at radius 1 is 1.21 bits per heavy atom. The van der Waals surface area contributed by atoms with Crippen molar-refractivity contribution in [3.8, 4) is 0 Å². The Kier molecular flexibility index (Phi) is 6.39. The molecule has 150 valence electrons. The number of carbonyl (C=O) groups is 2. The second-order valence-corrected chi connectivity index (χ2v) is 8.04. The number of hydrogen-bond donors (Lipinski definition) is 0. The molecule has 0 spiro atoms. The molecule has 0 aliphatic carbocycles. The van der Waals surface area contributed by atoms with Crippen LogP contribution in [0.15, 0.2) is 34.2 Å². The average molecular weight is 404 g/mol. The molecule has 1 aliphatic rings. The zero-order valence-electron chi connectivity index (χ0n) is 16.4. The van der Waals surface area contributed by atoms with Gasteiger partial charge in [0.1, 0.15) is 6.54 Å². The molecule has 1 amide bonds. The number of hydrogen-bond acceptors (Lipinski definition) is 6. The number of nitrogens with zero attached hydrogens (tertiary/aromatic N) is 3. The van der Waals surface area contributed by atoms with Crippen molar-refractivity contribution in [2.24, 2.45) is 0 Å². The van der Waals surface area contributed by atoms with E-state index in [2.05, 4.69) is 18.8 Å². The topological polar surface area (TPSA) is 81.5 Å². The number of esters is 1. The summed E-state index contributed by atoms with van der Waals surface area (Å²) in [6.07, 6.45) is 3.13. The Labute approximate surface area is 168 Å². The molecular formula is C20H25N3O4S. The highest BCUT2D eigenvalue weighted by atomic mass is 32.2. The fourth-order valence-corrected chi connectivity index (χ4v) is 4.57. The van der Waals surface area contributed by atoms with Crippen molar-refractivity contribution >= 4 is 34.5 Å². The third-order valence-corrected chi connectivity index (χ3v) is 6.11. The van der Waals surface area contributed by atoms with Gasteiger partial charge >= 0.3 is 5.97 Å². The molecule has 28 heavy (non-hydrogen) atoms. The molecule has 7 nitrogen and oxygen atoms in total. The number of ether oxygens (including phenoxy) is 1. The minimum absolute atomic E-state index is 0.0247. The Bertz CT molecular complexity index is 933. The van der Waals surface area contributed by atoms with E-state index in [1.54, 1.807) is 24.3 Å². The molecule has 2 aromatic rings. The van der Waals surface area contributed by atoms with Crippen molar-refractivity contribution in [3.05, 3.63) is 34.6 Å². The number of rotatable bonds is 5. The van der Waals surface area contributed by atoms with Crippen molar-refractivity contribution < 1.29 is 14.3 Å². The standard InChI is InChI=1S/C20H25N3O4S/c1-13-7-6-8-14(2)23(13)17(24)12-28-20-21-16-10-5-4-9-15(16)19(26)22(20)11-18(25)27-3/h4-5,9-10,13-14H,6-8,11-12H2,1-3H3/t13-,14+. The summed E-state index contributed by atoms with van der Waals surface area (Å²) in [7, 11) is 1.28. The predicted octanol–water partition coefficient (Wildman–Crippen LogP) is 2.45. The van der Waals surface area contributed by atoms with E-state index in [4.69, 9.17) is 4.74 Å². The van der Waals surface area contributed by atoms with Gasteiger partial charge in [-0.2, -0.15) is 0 Å². The number of para-hydroxylation sites is 1. The van der Waals surface area contributed by atoms with Gasteiger partial charge in [-0.1, -0.05) is 23.9 Å². The number of amides is 1. The fourth-order valence-electron chi connectivity index (χ4n) is 3.70. The summed E-state index contributed by atoms with van der Waals surface area (Å²) in [5.41, 5.74) is 0.230. The number of thioether (sulfide) groups is 1. The molecule has 8 heteroatoms. The first kappa shape index (κ1) is 20.4. The number of fused-ring (bicyclic) bond motifs is 1. The first-order chi connectivity index (χ1) is 13.4. The van der Waals surface area contributed by atoms with E-state index in [1.165, 1.54) is 23.4 Å². The number of carbonyl (C=O) groups excluding carboxylic acids is 2. The molecule has 1 aromatic heterocycles. The first-order valence-electron chi connectivity index (χ1n) is 9.42. The quantitative estimate of drug-likeness (QED) is 0.433. The Balaban J connectivity index is 1.88. The normalized spacial score (nSPS) is 19.6. The second kappa shape index (κ2) is 8.77. The SMILES string of the molecule is COC(=O)Cn1c(SCC(=O)N2[C@H](C)CCC[C@@H]2C)nc2ccccc2c1=O. The lowest BCUT2D eigenvalue weighted by Gasteiger charge is -2.39. The van der Waals surface area contributed by atoms with Crippen LogP contribution in [0.25, 0.3) is 10.9 Å². The van der Waals surface area contributed by atoms with Crippen LogP contribution in [-0.2, 0) is 20.9 Å². The van der Waals surface area contributed by atoms with E-state index >= 15 is 0 Å². The summed E-state index contributed by atoms with van der Waals surface area (Å²) in [5.74, 6) is -0.344. The van der Waals surface area contributed by atoms with Gasteiger partial charge in [-0.3, -0.25) is 19.0 Å². The first-order valence-corrected chi connectivity index (χ1v) is 10.4. The lowest BCUT2D eigenvalue weighted by atomic mass is 9.98. The number of piperidine rings is 1. The van der Waals surface area contributed by atoms with Gasteiger partial charge in [0.25, 0.3) is 5.56 Å². The second-order valence-electron chi connectivity index (χ2n) is 7.10. The number of methoxy groups -OCH3 is 1. The molecule has 2 heterocycles. The van der Waals surface area contributed by atoms with Gasteiger partial charge in [0.05, 0.1) is 23.8 Å². The van der Waals surface area contributed by atoms with Crippen molar-refractivity contribution in [2.45, 2.75) is 56.9 Å². The van der Waals surface area contributed by atoms with E-state index in [0.717, 1.165) is 19.3 Å². The van der Waals surface area contributed by atoms with Crippen LogP contribution in [0.3, 0.4) is 0 Å². The van der Waals surface area contributed by atoms with E-state index < -0.39 is 5.97 Å². The smallest absolute Gasteiger partial charge is 0.325 e. The Morgan fingerprint density at radius 2 is 1.89 bits per heavy atom. The Hall–Kier alpha value is -2.35. The van der Waals surface area contributed by atoms with Gasteiger partial charge in [0.2, 0.25) is 5.91 Å². The van der Waals surface area contributed by atoms with Crippen LogP contribution in [0, 0.1) is 0 Å². The molecule has 1 saturated heterocycles. The molecule has 0 unspecified atom stereocenters. The van der Waals surface area contributed by atoms with Crippen LogP contribution < -0.4 is 5.56 Å². The van der Waals surface area contributed by atoms with Gasteiger partial charge in [0.15, 0.2) is 5.16 Å². The van der Waals surface area contributed by atoms with E-state index in [-0.39, 0.29) is 35.8 Å². The monoisotopic (exact) mass is 403 g/mol. The van der Waals surface area contributed by atoms with Crippen LogP contribution in [0.4, 0.5) is 0 Å². The highest BCUT2D eigenvalue weighted by molar-refractivity contribution is 7.99. The minimum Gasteiger partial charge on any atom is -0.468 e. The molecule has 2 atom stereocenters. The molecule has 0 saturated carbocycles. The van der Waals surface area contributed by atoms with E-state index in [1.807, 2.05) is 4.90 Å². The highest BCUT2D eigenvalue weighted by Crippen LogP contribution is 2.25. The maximum atomic E-state index is 12.9. The summed E-state index contributed by atoms with van der Waals surface area (Å²) in [4.78, 5) is 43.9. The van der Waals surface area contributed by atoms with Gasteiger partial charge in [0, 0.05) is 12.1 Å². The average Bonchev–Trinajstić information content (AvgIpc) is 2.68. The molecule has 1 fully saturated rings. The number of benzene rings is 1. The lowest BCUT2D eigenvalue weighted by molar-refractivity contribution is -0.141. The summed E-state index contributed by atoms with van der Waals surface area (Å²) >= 11 is 1.19. The summed E-state index contributed by atoms with van der Waals surface area (Å²) in [6.45, 7) is 3.90. The molecule has 0 bridgehead atoms. The maximum absolute atomic E-state index is 12.9. The van der Waals surface area contributed by atoms with Crippen LogP contribution in [0.1, 0.15) is 33.1 Å². The fraction of sp³-hybridized carbons (Fsp3) is 0.500. The van der Waals surface area contributed by atoms with Crippen LogP contribution in [0.2, 0.25) is 0 Å². The third kappa shape index (κ3) is 4.22. The molecule has 0 radical (unpaired) electrons. The lowest BCUT2D eigenvalue weighted by Crippen LogP contribution is -2.48. The Morgan fingerprint density at radius 3 is 2.57 bits per heavy atom. The van der Waals surface area contributed by atoms with Crippen molar-refractivity contribution in [3.63, 3.8) is 0 Å². The highest BCUT2D eigenvalue weighted by Gasteiger charge is 2.29. The zero-order chi connectivity index (χ0) is 20.3. The summed E-state index contributed by atoms with van der Waals surface area (Å²) < 4.78 is 6.00. The van der Waals surface area contributed by atoms with Crippen molar-refractivity contribution in [1.82, 2.24) is 14.5 Å². The number of likely N-dealkylation sites (tertiary alicyclic amines) is 1. The molecular weight excluding hydrogens is 378 g/mol. The number of aromatic nitrogens is 2. The molecule has 3 rings (SSSR count). The van der Waals surface area contributed by atoms with Crippen LogP contribution >= 0.6 is 11.8 Å². The van der Waals surface area contributed by atoms with Gasteiger partial charge < -0.3 is 9.64 Å². The van der Waals surface area contributed by atoms with Crippen LogP contribution in [-0.4, -0.2) is 51.3 Å². The van der Waals surface area contributed by atoms with Crippen molar-refractivity contribution in [1.29, 1.82) is 0 Å². The molecule has 1 aromatic carbocycles. The maximum Gasteiger partial charge on any atom is 0.325 e. The predicted molar refractivity (Wildman–Crippen MR) is 108 cm³/mol. The van der Waals surface area contributed by atoms with Gasteiger partial charge in [-0.25, -0.2) is 4.98 Å². The zero-order valence-corrected chi connectivity index (χ0v) is 17.2. The summed E-state index contributed by atoms with van der Waals surface area (Å²) in [6, 6.07) is 7.39. The molecule has 0 N–H and O–H groups in total.